The maximum Gasteiger partial charge on any atom is 0.224 e. The Morgan fingerprint density at radius 2 is 2.17 bits per heavy atom. The molecule has 0 saturated heterocycles. The second-order valence-corrected chi connectivity index (χ2v) is 4.80. The van der Waals surface area contributed by atoms with E-state index >= 15 is 0 Å². The van der Waals surface area contributed by atoms with Gasteiger partial charge in [0, 0.05) is 17.7 Å². The van der Waals surface area contributed by atoms with E-state index in [9.17, 15) is 4.79 Å². The van der Waals surface area contributed by atoms with E-state index in [0.717, 1.165) is 17.0 Å². The molecular formula is C14H20ClNO2. The minimum absolute atomic E-state index is 0.0229. The van der Waals surface area contributed by atoms with Gasteiger partial charge in [0.1, 0.15) is 5.75 Å². The summed E-state index contributed by atoms with van der Waals surface area (Å²) in [5.74, 6) is 1.51. The molecule has 0 bridgehead atoms. The zero-order valence-corrected chi connectivity index (χ0v) is 11.9. The van der Waals surface area contributed by atoms with Crippen LogP contribution in [0, 0.1) is 5.92 Å². The van der Waals surface area contributed by atoms with E-state index in [1.54, 1.807) is 0 Å². The van der Waals surface area contributed by atoms with Crippen LogP contribution in [0.25, 0.3) is 0 Å². The van der Waals surface area contributed by atoms with Crippen LogP contribution in [0.15, 0.2) is 18.2 Å². The summed E-state index contributed by atoms with van der Waals surface area (Å²) in [6.07, 6.45) is 0.517. The molecule has 0 atom stereocenters. The number of amides is 1. The summed E-state index contributed by atoms with van der Waals surface area (Å²) in [6.45, 7) is 6.56. The van der Waals surface area contributed by atoms with Crippen molar-refractivity contribution in [2.45, 2.75) is 33.1 Å². The standard InChI is InChI=1S/C14H20ClNO2/c1-4-18-13-6-5-12(8-11(13)9-15)16-14(17)7-10(2)3/h5-6,8,10H,4,7,9H2,1-3H3,(H,16,17). The highest BCUT2D eigenvalue weighted by Crippen LogP contribution is 2.24. The molecule has 1 N–H and O–H groups in total. The summed E-state index contributed by atoms with van der Waals surface area (Å²) in [6, 6.07) is 5.53. The number of hydrogen-bond acceptors (Lipinski definition) is 2. The Bertz CT molecular complexity index is 405. The van der Waals surface area contributed by atoms with Gasteiger partial charge in [-0.3, -0.25) is 4.79 Å². The van der Waals surface area contributed by atoms with Crippen LogP contribution in [0.4, 0.5) is 5.69 Å². The van der Waals surface area contributed by atoms with Crippen LogP contribution in [-0.4, -0.2) is 12.5 Å². The third kappa shape index (κ3) is 4.57. The van der Waals surface area contributed by atoms with Crippen molar-refractivity contribution >= 4 is 23.2 Å². The molecule has 18 heavy (non-hydrogen) atoms. The lowest BCUT2D eigenvalue weighted by Crippen LogP contribution is -2.14. The first-order valence-corrected chi connectivity index (χ1v) is 6.71. The summed E-state index contributed by atoms with van der Waals surface area (Å²) >= 11 is 5.87. The quantitative estimate of drug-likeness (QED) is 0.798. The van der Waals surface area contributed by atoms with Gasteiger partial charge in [-0.25, -0.2) is 0 Å². The highest BCUT2D eigenvalue weighted by atomic mass is 35.5. The predicted octanol–water partition coefficient (Wildman–Crippen LogP) is 3.81. The Hall–Kier alpha value is -1.22. The molecule has 0 aliphatic rings. The lowest BCUT2D eigenvalue weighted by atomic mass is 10.1. The second-order valence-electron chi connectivity index (χ2n) is 4.54. The Labute approximate surface area is 113 Å². The Kier molecular flexibility index (Phi) is 5.99. The van der Waals surface area contributed by atoms with Gasteiger partial charge in [0.2, 0.25) is 5.91 Å². The molecule has 100 valence electrons. The number of alkyl halides is 1. The molecule has 0 spiro atoms. The van der Waals surface area contributed by atoms with Crippen molar-refractivity contribution in [1.82, 2.24) is 0 Å². The average Bonchev–Trinajstić information content (AvgIpc) is 2.30. The van der Waals surface area contributed by atoms with Crippen molar-refractivity contribution in [3.8, 4) is 5.75 Å². The molecule has 0 radical (unpaired) electrons. The largest absolute Gasteiger partial charge is 0.494 e. The van der Waals surface area contributed by atoms with Crippen molar-refractivity contribution in [2.24, 2.45) is 5.92 Å². The van der Waals surface area contributed by atoms with Crippen LogP contribution >= 0.6 is 11.6 Å². The number of benzene rings is 1. The number of nitrogens with one attached hydrogen (secondary N) is 1. The van der Waals surface area contributed by atoms with Crippen LogP contribution in [0.5, 0.6) is 5.75 Å². The predicted molar refractivity (Wildman–Crippen MR) is 75.3 cm³/mol. The van der Waals surface area contributed by atoms with E-state index in [1.165, 1.54) is 0 Å². The SMILES string of the molecule is CCOc1ccc(NC(=O)CC(C)C)cc1CCl. The van der Waals surface area contributed by atoms with Gasteiger partial charge in [-0.2, -0.15) is 0 Å². The molecule has 1 rings (SSSR count). The monoisotopic (exact) mass is 269 g/mol. The smallest absolute Gasteiger partial charge is 0.224 e. The number of ether oxygens (including phenoxy) is 1. The molecule has 0 heterocycles. The van der Waals surface area contributed by atoms with E-state index in [0.29, 0.717) is 24.8 Å². The molecule has 3 nitrogen and oxygen atoms in total. The van der Waals surface area contributed by atoms with Crippen molar-refractivity contribution in [1.29, 1.82) is 0 Å². The molecule has 1 aromatic carbocycles. The lowest BCUT2D eigenvalue weighted by molar-refractivity contribution is -0.116. The van der Waals surface area contributed by atoms with Crippen molar-refractivity contribution < 1.29 is 9.53 Å². The molecule has 1 aromatic rings. The van der Waals surface area contributed by atoms with E-state index in [1.807, 2.05) is 39.0 Å². The summed E-state index contributed by atoms with van der Waals surface area (Å²) < 4.78 is 5.46. The van der Waals surface area contributed by atoms with E-state index in [2.05, 4.69) is 5.32 Å². The fraction of sp³-hybridized carbons (Fsp3) is 0.500. The number of rotatable bonds is 6. The number of anilines is 1. The van der Waals surface area contributed by atoms with Gasteiger partial charge in [0.15, 0.2) is 0 Å². The van der Waals surface area contributed by atoms with Crippen LogP contribution < -0.4 is 10.1 Å². The van der Waals surface area contributed by atoms with Gasteiger partial charge in [-0.05, 0) is 31.0 Å². The van der Waals surface area contributed by atoms with Gasteiger partial charge < -0.3 is 10.1 Å². The van der Waals surface area contributed by atoms with Gasteiger partial charge in [0.25, 0.3) is 0 Å². The first-order chi connectivity index (χ1) is 8.56. The summed E-state index contributed by atoms with van der Waals surface area (Å²) in [7, 11) is 0. The van der Waals surface area contributed by atoms with Crippen molar-refractivity contribution in [3.05, 3.63) is 23.8 Å². The third-order valence-corrected chi connectivity index (χ3v) is 2.67. The number of halogens is 1. The normalized spacial score (nSPS) is 10.5. The highest BCUT2D eigenvalue weighted by Gasteiger charge is 2.08. The molecule has 0 aromatic heterocycles. The highest BCUT2D eigenvalue weighted by molar-refractivity contribution is 6.17. The Morgan fingerprint density at radius 3 is 2.72 bits per heavy atom. The first kappa shape index (κ1) is 14.8. The Morgan fingerprint density at radius 1 is 1.44 bits per heavy atom. The zero-order chi connectivity index (χ0) is 13.5. The summed E-state index contributed by atoms with van der Waals surface area (Å²) in [5.41, 5.74) is 1.65. The molecule has 0 aliphatic carbocycles. The van der Waals surface area contributed by atoms with Crippen molar-refractivity contribution in [2.75, 3.05) is 11.9 Å². The van der Waals surface area contributed by atoms with E-state index < -0.39 is 0 Å². The topological polar surface area (TPSA) is 38.3 Å². The molecule has 0 unspecified atom stereocenters. The minimum atomic E-state index is 0.0229. The van der Waals surface area contributed by atoms with Gasteiger partial charge >= 0.3 is 0 Å². The molecule has 0 aliphatic heterocycles. The van der Waals surface area contributed by atoms with E-state index in [-0.39, 0.29) is 5.91 Å². The molecule has 0 saturated carbocycles. The zero-order valence-electron chi connectivity index (χ0n) is 11.1. The maximum absolute atomic E-state index is 11.7. The first-order valence-electron chi connectivity index (χ1n) is 6.18. The van der Waals surface area contributed by atoms with Gasteiger partial charge in [-0.15, -0.1) is 11.6 Å². The molecule has 0 fully saturated rings. The van der Waals surface area contributed by atoms with Crippen LogP contribution in [0.1, 0.15) is 32.8 Å². The molecule has 4 heteroatoms. The summed E-state index contributed by atoms with van der Waals surface area (Å²) in [4.78, 5) is 11.7. The number of hydrogen-bond donors (Lipinski definition) is 1. The number of carbonyl (C=O) groups is 1. The van der Waals surface area contributed by atoms with Crippen molar-refractivity contribution in [3.63, 3.8) is 0 Å². The number of carbonyl (C=O) groups excluding carboxylic acids is 1. The molecular weight excluding hydrogens is 250 g/mol. The minimum Gasteiger partial charge on any atom is -0.494 e. The lowest BCUT2D eigenvalue weighted by Gasteiger charge is -2.12. The average molecular weight is 270 g/mol. The second kappa shape index (κ2) is 7.27. The fourth-order valence-electron chi connectivity index (χ4n) is 1.64. The van der Waals surface area contributed by atoms with E-state index in [4.69, 9.17) is 16.3 Å². The van der Waals surface area contributed by atoms with Crippen LogP contribution in [0.2, 0.25) is 0 Å². The Balaban J connectivity index is 2.76. The molecule has 1 amide bonds. The maximum atomic E-state index is 11.7. The van der Waals surface area contributed by atoms with Gasteiger partial charge in [-0.1, -0.05) is 13.8 Å². The van der Waals surface area contributed by atoms with Crippen LogP contribution in [0.3, 0.4) is 0 Å². The fourth-order valence-corrected chi connectivity index (χ4v) is 1.85. The van der Waals surface area contributed by atoms with Crippen LogP contribution in [-0.2, 0) is 10.7 Å². The van der Waals surface area contributed by atoms with Gasteiger partial charge in [0.05, 0.1) is 12.5 Å². The third-order valence-electron chi connectivity index (χ3n) is 2.38. The summed E-state index contributed by atoms with van der Waals surface area (Å²) in [5, 5.41) is 2.86.